The van der Waals surface area contributed by atoms with Crippen molar-refractivity contribution in [2.24, 2.45) is 0 Å². The number of halogens is 4. The summed E-state index contributed by atoms with van der Waals surface area (Å²) in [6.45, 7) is 0. The van der Waals surface area contributed by atoms with Gasteiger partial charge in [-0.3, -0.25) is 0 Å². The third-order valence-electron chi connectivity index (χ3n) is 3.80. The number of alkyl halides is 3. The first kappa shape index (κ1) is 16.6. The molecule has 0 saturated carbocycles. The van der Waals surface area contributed by atoms with Gasteiger partial charge in [0.25, 0.3) is 0 Å². The van der Waals surface area contributed by atoms with Gasteiger partial charge in [-0.1, -0.05) is 41.7 Å². The molecule has 0 radical (unpaired) electrons. The van der Waals surface area contributed by atoms with E-state index in [4.69, 9.17) is 0 Å². The Balaban J connectivity index is 1.72. The molecule has 0 N–H and O–H groups in total. The number of aromatic nitrogens is 4. The number of hydrogen-bond donors (Lipinski definition) is 0. The van der Waals surface area contributed by atoms with E-state index < -0.39 is 11.7 Å². The van der Waals surface area contributed by atoms with Crippen LogP contribution >= 0.6 is 11.3 Å². The van der Waals surface area contributed by atoms with Crippen LogP contribution in [0.2, 0.25) is 0 Å². The fourth-order valence-electron chi connectivity index (χ4n) is 2.53. The van der Waals surface area contributed by atoms with Gasteiger partial charge in [0, 0.05) is 12.0 Å². The summed E-state index contributed by atoms with van der Waals surface area (Å²) >= 11 is 1.12. The molecule has 4 rings (SSSR count). The highest BCUT2D eigenvalue weighted by Crippen LogP contribution is 2.33. The zero-order chi connectivity index (χ0) is 18.3. The highest BCUT2D eigenvalue weighted by Gasteiger charge is 2.30. The SMILES string of the molecule is Fc1ccccc1Cc1nnc2sc(-c3cccc(C(F)(F)F)c3)nn12. The average molecular weight is 378 g/mol. The Bertz CT molecular complexity index is 1080. The zero-order valence-corrected chi connectivity index (χ0v) is 13.9. The van der Waals surface area contributed by atoms with E-state index in [-0.39, 0.29) is 12.2 Å². The van der Waals surface area contributed by atoms with E-state index in [1.54, 1.807) is 24.3 Å². The first-order valence-corrected chi connectivity index (χ1v) is 8.35. The maximum absolute atomic E-state index is 13.8. The van der Waals surface area contributed by atoms with Crippen molar-refractivity contribution in [3.63, 3.8) is 0 Å². The summed E-state index contributed by atoms with van der Waals surface area (Å²) < 4.78 is 53.9. The van der Waals surface area contributed by atoms with Crippen LogP contribution in [-0.2, 0) is 12.6 Å². The lowest BCUT2D eigenvalue weighted by Gasteiger charge is -2.06. The number of fused-ring (bicyclic) bond motifs is 1. The second-order valence-electron chi connectivity index (χ2n) is 5.56. The fraction of sp³-hybridized carbons (Fsp3) is 0.118. The van der Waals surface area contributed by atoms with Crippen molar-refractivity contribution >= 4 is 16.3 Å². The molecule has 2 aromatic carbocycles. The van der Waals surface area contributed by atoms with Gasteiger partial charge >= 0.3 is 6.18 Å². The molecule has 0 spiro atoms. The van der Waals surface area contributed by atoms with E-state index in [1.807, 2.05) is 0 Å². The number of hydrogen-bond acceptors (Lipinski definition) is 4. The smallest absolute Gasteiger partial charge is 0.207 e. The number of benzene rings is 2. The highest BCUT2D eigenvalue weighted by atomic mass is 32.1. The minimum absolute atomic E-state index is 0.180. The van der Waals surface area contributed by atoms with Gasteiger partial charge in [0.1, 0.15) is 10.8 Å². The summed E-state index contributed by atoms with van der Waals surface area (Å²) in [5, 5.41) is 12.7. The molecule has 26 heavy (non-hydrogen) atoms. The Labute approximate surface area is 148 Å². The van der Waals surface area contributed by atoms with Crippen molar-refractivity contribution in [2.75, 3.05) is 0 Å². The van der Waals surface area contributed by atoms with Gasteiger partial charge in [-0.25, -0.2) is 4.39 Å². The molecule has 4 nitrogen and oxygen atoms in total. The van der Waals surface area contributed by atoms with E-state index in [1.165, 1.54) is 16.6 Å². The largest absolute Gasteiger partial charge is 0.416 e. The van der Waals surface area contributed by atoms with Crippen molar-refractivity contribution in [1.82, 2.24) is 19.8 Å². The molecule has 0 fully saturated rings. The summed E-state index contributed by atoms with van der Waals surface area (Å²) in [5.41, 5.74) is 0.0372. The molecule has 0 aliphatic heterocycles. The van der Waals surface area contributed by atoms with Crippen LogP contribution in [0.1, 0.15) is 17.0 Å². The molecule has 0 amide bonds. The normalized spacial score (nSPS) is 12.0. The van der Waals surface area contributed by atoms with Crippen LogP contribution < -0.4 is 0 Å². The topological polar surface area (TPSA) is 43.1 Å². The van der Waals surface area contributed by atoms with Gasteiger partial charge in [-0.05, 0) is 23.8 Å². The predicted octanol–water partition coefficient (Wildman–Crippen LogP) is 4.60. The van der Waals surface area contributed by atoms with Gasteiger partial charge < -0.3 is 0 Å². The molecule has 4 aromatic rings. The molecule has 0 aliphatic rings. The van der Waals surface area contributed by atoms with Crippen molar-refractivity contribution < 1.29 is 17.6 Å². The predicted molar refractivity (Wildman–Crippen MR) is 88.3 cm³/mol. The van der Waals surface area contributed by atoms with Crippen molar-refractivity contribution in [2.45, 2.75) is 12.6 Å². The minimum Gasteiger partial charge on any atom is -0.207 e. The standard InChI is InChI=1S/C17H10F4N4S/c18-13-7-2-1-4-10(13)9-14-22-23-16-25(14)24-15(26-16)11-5-3-6-12(8-11)17(19,20)21/h1-8H,9H2. The van der Waals surface area contributed by atoms with Gasteiger partial charge in [0.15, 0.2) is 5.82 Å². The van der Waals surface area contributed by atoms with Crippen LogP contribution in [0.5, 0.6) is 0 Å². The number of nitrogens with zero attached hydrogens (tertiary/aromatic N) is 4. The summed E-state index contributed by atoms with van der Waals surface area (Å²) in [4.78, 5) is 0.434. The van der Waals surface area contributed by atoms with Gasteiger partial charge in [0.2, 0.25) is 4.96 Å². The first-order chi connectivity index (χ1) is 12.4. The highest BCUT2D eigenvalue weighted by molar-refractivity contribution is 7.19. The second-order valence-corrected chi connectivity index (χ2v) is 6.52. The molecule has 0 aliphatic carbocycles. The summed E-state index contributed by atoms with van der Waals surface area (Å²) in [6, 6.07) is 11.2. The molecule has 132 valence electrons. The summed E-state index contributed by atoms with van der Waals surface area (Å²) in [5.74, 6) is 0.0529. The van der Waals surface area contributed by atoms with Crippen molar-refractivity contribution in [3.8, 4) is 10.6 Å². The van der Waals surface area contributed by atoms with E-state index >= 15 is 0 Å². The van der Waals surface area contributed by atoms with E-state index in [0.29, 0.717) is 26.9 Å². The van der Waals surface area contributed by atoms with Crippen LogP contribution in [-0.4, -0.2) is 19.8 Å². The van der Waals surface area contributed by atoms with Crippen LogP contribution in [0.15, 0.2) is 48.5 Å². The van der Waals surface area contributed by atoms with E-state index in [0.717, 1.165) is 23.5 Å². The first-order valence-electron chi connectivity index (χ1n) is 7.54. The second kappa shape index (κ2) is 6.17. The van der Waals surface area contributed by atoms with Crippen molar-refractivity contribution in [3.05, 3.63) is 71.3 Å². The molecule has 0 atom stereocenters. The maximum Gasteiger partial charge on any atom is 0.416 e. The van der Waals surface area contributed by atoms with Gasteiger partial charge in [-0.2, -0.15) is 22.8 Å². The Morgan fingerprint density at radius 1 is 1.00 bits per heavy atom. The Kier molecular flexibility index (Phi) is 3.95. The lowest BCUT2D eigenvalue weighted by atomic mass is 10.1. The van der Waals surface area contributed by atoms with Crippen LogP contribution in [0, 0.1) is 5.82 Å². The van der Waals surface area contributed by atoms with Crippen molar-refractivity contribution in [1.29, 1.82) is 0 Å². The van der Waals surface area contributed by atoms with Gasteiger partial charge in [-0.15, -0.1) is 10.2 Å². The summed E-state index contributed by atoms with van der Waals surface area (Å²) in [7, 11) is 0. The van der Waals surface area contributed by atoms with E-state index in [2.05, 4.69) is 15.3 Å². The number of rotatable bonds is 3. The Morgan fingerprint density at radius 2 is 1.81 bits per heavy atom. The molecule has 0 bridgehead atoms. The minimum atomic E-state index is -4.43. The maximum atomic E-state index is 13.8. The van der Waals surface area contributed by atoms with Crippen LogP contribution in [0.4, 0.5) is 17.6 Å². The molecule has 9 heteroatoms. The molecule has 2 heterocycles. The van der Waals surface area contributed by atoms with Crippen LogP contribution in [0.3, 0.4) is 0 Å². The monoisotopic (exact) mass is 378 g/mol. The third kappa shape index (κ3) is 3.05. The molecule has 0 saturated heterocycles. The summed E-state index contributed by atoms with van der Waals surface area (Å²) in [6.07, 6.45) is -4.25. The van der Waals surface area contributed by atoms with Gasteiger partial charge in [0.05, 0.1) is 5.56 Å². The molecule has 0 unspecified atom stereocenters. The quantitative estimate of drug-likeness (QED) is 0.489. The Hall–Kier alpha value is -2.81. The van der Waals surface area contributed by atoms with Crippen LogP contribution in [0.25, 0.3) is 15.5 Å². The molecular formula is C17H10F4N4S. The lowest BCUT2D eigenvalue weighted by molar-refractivity contribution is -0.137. The Morgan fingerprint density at radius 3 is 2.58 bits per heavy atom. The molecule has 2 aromatic heterocycles. The van der Waals surface area contributed by atoms with E-state index in [9.17, 15) is 17.6 Å². The fourth-order valence-corrected chi connectivity index (χ4v) is 3.38. The average Bonchev–Trinajstić information content (AvgIpc) is 3.18. The molecular weight excluding hydrogens is 368 g/mol. The zero-order valence-electron chi connectivity index (χ0n) is 13.0. The third-order valence-corrected chi connectivity index (χ3v) is 4.75. The lowest BCUT2D eigenvalue weighted by Crippen LogP contribution is -2.04.